The van der Waals surface area contributed by atoms with Crippen LogP contribution in [0.25, 0.3) is 0 Å². The van der Waals surface area contributed by atoms with Gasteiger partial charge in [-0.3, -0.25) is 4.90 Å². The van der Waals surface area contributed by atoms with Crippen molar-refractivity contribution < 1.29 is 13.9 Å². The van der Waals surface area contributed by atoms with Gasteiger partial charge in [-0.25, -0.2) is 4.79 Å². The normalized spacial score (nSPS) is 21.3. The van der Waals surface area contributed by atoms with Crippen LogP contribution in [0.3, 0.4) is 0 Å². The number of hydrogen-bond donors (Lipinski definition) is 2. The van der Waals surface area contributed by atoms with Gasteiger partial charge in [-0.2, -0.15) is 0 Å². The number of rotatable bonds is 5. The minimum Gasteiger partial charge on any atom is -0.466 e. The molecule has 1 aliphatic heterocycles. The molecule has 152 valence electrons. The summed E-state index contributed by atoms with van der Waals surface area (Å²) in [4.78, 5) is 14.9. The molecule has 2 heterocycles. The molecule has 1 aromatic carbocycles. The molecule has 6 heteroatoms. The fraction of sp³-hybridized carbons (Fsp3) is 0.500. The maximum Gasteiger partial charge on any atom is 0.319 e. The first-order chi connectivity index (χ1) is 13.3. The van der Waals surface area contributed by atoms with E-state index in [9.17, 15) is 4.79 Å². The van der Waals surface area contributed by atoms with Crippen molar-refractivity contribution in [3.63, 3.8) is 0 Å². The van der Waals surface area contributed by atoms with Crippen LogP contribution in [-0.4, -0.2) is 36.2 Å². The fourth-order valence-electron chi connectivity index (χ4n) is 3.95. The summed E-state index contributed by atoms with van der Waals surface area (Å²) in [5.74, 6) is 1.68. The number of carbonyl (C=O) groups excluding carboxylic acids is 1. The summed E-state index contributed by atoms with van der Waals surface area (Å²) in [6.07, 6.45) is 0.435. The lowest BCUT2D eigenvalue weighted by atomic mass is 10.1. The van der Waals surface area contributed by atoms with E-state index in [1.165, 1.54) is 0 Å². The Kier molecular flexibility index (Phi) is 6.42. The van der Waals surface area contributed by atoms with Crippen LogP contribution in [0, 0.1) is 13.8 Å². The highest BCUT2D eigenvalue weighted by molar-refractivity contribution is 5.90. The van der Waals surface area contributed by atoms with Gasteiger partial charge >= 0.3 is 6.03 Å². The smallest absolute Gasteiger partial charge is 0.319 e. The third-order valence-electron chi connectivity index (χ3n) is 5.05. The van der Waals surface area contributed by atoms with Crippen LogP contribution >= 0.6 is 0 Å². The molecule has 0 spiro atoms. The third-order valence-corrected chi connectivity index (χ3v) is 5.05. The number of para-hydroxylation sites is 1. The van der Waals surface area contributed by atoms with Gasteiger partial charge in [-0.05, 0) is 52.3 Å². The van der Waals surface area contributed by atoms with Crippen LogP contribution in [0.15, 0.2) is 34.7 Å². The molecule has 2 amide bonds. The quantitative estimate of drug-likeness (QED) is 0.801. The summed E-state index contributed by atoms with van der Waals surface area (Å²) >= 11 is 0. The van der Waals surface area contributed by atoms with Crippen LogP contribution in [0.4, 0.5) is 10.5 Å². The first-order valence-corrected chi connectivity index (χ1v) is 9.92. The fourth-order valence-corrected chi connectivity index (χ4v) is 3.95. The Hall–Kier alpha value is -2.31. The molecule has 1 aromatic heterocycles. The number of urea groups is 1. The highest BCUT2D eigenvalue weighted by Crippen LogP contribution is 2.23. The Balaban J connectivity index is 1.64. The number of hydrogen-bond acceptors (Lipinski definition) is 4. The first kappa shape index (κ1) is 20.4. The van der Waals surface area contributed by atoms with Gasteiger partial charge in [0.2, 0.25) is 0 Å². The van der Waals surface area contributed by atoms with Crippen LogP contribution in [-0.2, 0) is 11.3 Å². The molecular formula is C22H31N3O3. The zero-order chi connectivity index (χ0) is 20.3. The summed E-state index contributed by atoms with van der Waals surface area (Å²) < 4.78 is 11.4. The molecule has 0 radical (unpaired) electrons. The topological polar surface area (TPSA) is 66.7 Å². The highest BCUT2D eigenvalue weighted by atomic mass is 16.5. The van der Waals surface area contributed by atoms with Crippen LogP contribution in [0.2, 0.25) is 0 Å². The maximum absolute atomic E-state index is 12.6. The molecule has 3 atom stereocenters. The van der Waals surface area contributed by atoms with Crippen molar-refractivity contribution in [1.29, 1.82) is 0 Å². The van der Waals surface area contributed by atoms with Gasteiger partial charge in [0, 0.05) is 30.9 Å². The molecule has 1 fully saturated rings. The van der Waals surface area contributed by atoms with E-state index < -0.39 is 0 Å². The lowest BCUT2D eigenvalue weighted by Crippen LogP contribution is -2.45. The second kappa shape index (κ2) is 8.80. The van der Waals surface area contributed by atoms with E-state index in [1.54, 1.807) is 0 Å². The standard InChI is InChI=1S/C22H31N3O3/c1-14-10-20(18(5)28-14)17(4)23-22(26)24-21-9-7-6-8-19(21)13-25-11-15(2)27-16(3)12-25/h6-10,15-17H,11-13H2,1-5H3,(H2,23,24,26). The molecule has 2 aromatic rings. The predicted octanol–water partition coefficient (Wildman–Crippen LogP) is 4.39. The van der Waals surface area contributed by atoms with E-state index >= 15 is 0 Å². The molecule has 6 nitrogen and oxygen atoms in total. The van der Waals surface area contributed by atoms with Crippen LogP contribution in [0.5, 0.6) is 0 Å². The minimum atomic E-state index is -0.220. The Bertz CT molecular complexity index is 807. The molecule has 0 bridgehead atoms. The second-order valence-electron chi connectivity index (χ2n) is 7.80. The molecule has 28 heavy (non-hydrogen) atoms. The van der Waals surface area contributed by atoms with Crippen LogP contribution < -0.4 is 10.6 Å². The molecule has 1 saturated heterocycles. The van der Waals surface area contributed by atoms with Crippen molar-refractivity contribution in [2.75, 3.05) is 18.4 Å². The molecule has 1 aliphatic rings. The number of amides is 2. The largest absolute Gasteiger partial charge is 0.466 e. The van der Waals surface area contributed by atoms with Gasteiger partial charge in [0.25, 0.3) is 0 Å². The number of nitrogens with zero attached hydrogens (tertiary/aromatic N) is 1. The van der Waals surface area contributed by atoms with E-state index in [1.807, 2.05) is 45.0 Å². The first-order valence-electron chi connectivity index (χ1n) is 9.92. The van der Waals surface area contributed by atoms with Gasteiger partial charge in [0.05, 0.1) is 18.2 Å². The Morgan fingerprint density at radius 3 is 2.54 bits per heavy atom. The summed E-state index contributed by atoms with van der Waals surface area (Å²) in [6, 6.07) is 9.57. The molecule has 0 saturated carbocycles. The van der Waals surface area contributed by atoms with E-state index in [4.69, 9.17) is 9.15 Å². The van der Waals surface area contributed by atoms with Crippen molar-refractivity contribution >= 4 is 11.7 Å². The van der Waals surface area contributed by atoms with E-state index in [0.29, 0.717) is 0 Å². The summed E-state index contributed by atoms with van der Waals surface area (Å²) in [5.41, 5.74) is 2.93. The number of furan rings is 1. The predicted molar refractivity (Wildman–Crippen MR) is 110 cm³/mol. The van der Waals surface area contributed by atoms with Crippen molar-refractivity contribution in [3.8, 4) is 0 Å². The number of ether oxygens (including phenoxy) is 1. The average Bonchev–Trinajstić information content (AvgIpc) is 2.94. The summed E-state index contributed by atoms with van der Waals surface area (Å²) in [7, 11) is 0. The van der Waals surface area contributed by atoms with Gasteiger partial charge in [0.1, 0.15) is 11.5 Å². The number of aryl methyl sites for hydroxylation is 2. The van der Waals surface area contributed by atoms with Crippen molar-refractivity contribution in [3.05, 3.63) is 53.0 Å². The van der Waals surface area contributed by atoms with Gasteiger partial charge < -0.3 is 19.8 Å². The number of carbonyl (C=O) groups is 1. The monoisotopic (exact) mass is 385 g/mol. The van der Waals surface area contributed by atoms with E-state index in [-0.39, 0.29) is 24.3 Å². The lowest BCUT2D eigenvalue weighted by molar-refractivity contribution is -0.0704. The lowest BCUT2D eigenvalue weighted by Gasteiger charge is -2.35. The number of morpholine rings is 1. The minimum absolute atomic E-state index is 0.134. The molecule has 2 N–H and O–H groups in total. The third kappa shape index (κ3) is 5.14. The number of benzene rings is 1. The zero-order valence-electron chi connectivity index (χ0n) is 17.4. The Morgan fingerprint density at radius 2 is 1.89 bits per heavy atom. The van der Waals surface area contributed by atoms with Gasteiger partial charge in [-0.1, -0.05) is 18.2 Å². The van der Waals surface area contributed by atoms with E-state index in [0.717, 1.165) is 48.0 Å². The average molecular weight is 386 g/mol. The molecule has 3 rings (SSSR count). The summed E-state index contributed by atoms with van der Waals surface area (Å²) in [6.45, 7) is 12.5. The Labute approximate surface area is 167 Å². The van der Waals surface area contributed by atoms with Gasteiger partial charge in [0.15, 0.2) is 0 Å². The van der Waals surface area contributed by atoms with E-state index in [2.05, 4.69) is 35.4 Å². The summed E-state index contributed by atoms with van der Waals surface area (Å²) in [5, 5.41) is 6.01. The van der Waals surface area contributed by atoms with Gasteiger partial charge in [-0.15, -0.1) is 0 Å². The highest BCUT2D eigenvalue weighted by Gasteiger charge is 2.23. The number of anilines is 1. The molecule has 3 unspecified atom stereocenters. The van der Waals surface area contributed by atoms with Crippen molar-refractivity contribution in [1.82, 2.24) is 10.2 Å². The second-order valence-corrected chi connectivity index (χ2v) is 7.80. The Morgan fingerprint density at radius 1 is 1.21 bits per heavy atom. The molecule has 0 aliphatic carbocycles. The maximum atomic E-state index is 12.6. The molecular weight excluding hydrogens is 354 g/mol. The SMILES string of the molecule is Cc1cc(C(C)NC(=O)Nc2ccccc2CN2CC(C)OC(C)C2)c(C)o1. The van der Waals surface area contributed by atoms with Crippen LogP contribution in [0.1, 0.15) is 49.5 Å². The zero-order valence-corrected chi connectivity index (χ0v) is 17.4. The van der Waals surface area contributed by atoms with Crippen molar-refractivity contribution in [2.45, 2.75) is 59.4 Å². The van der Waals surface area contributed by atoms with Crippen molar-refractivity contribution in [2.24, 2.45) is 0 Å². The number of nitrogens with one attached hydrogen (secondary N) is 2.